The third-order valence-corrected chi connectivity index (χ3v) is 5.09. The minimum atomic E-state index is -0.959. The number of rotatable bonds is 5. The maximum Gasteiger partial charge on any atom is 0.335 e. The van der Waals surface area contributed by atoms with Crippen LogP contribution in [0.1, 0.15) is 61.2 Å². The number of allylic oxidation sites excluding steroid dienone is 1. The lowest BCUT2D eigenvalue weighted by Crippen LogP contribution is -2.41. The zero-order valence-electron chi connectivity index (χ0n) is 16.7. The Kier molecular flexibility index (Phi) is 5.11. The summed E-state index contributed by atoms with van der Waals surface area (Å²) in [6, 6.07) is 12.4. The van der Waals surface area contributed by atoms with E-state index in [9.17, 15) is 9.70 Å². The van der Waals surface area contributed by atoms with Crippen LogP contribution in [0, 0.1) is 4.91 Å². The highest BCUT2D eigenvalue weighted by Crippen LogP contribution is 2.45. The highest BCUT2D eigenvalue weighted by molar-refractivity contribution is 5.87. The van der Waals surface area contributed by atoms with Crippen molar-refractivity contribution in [1.29, 1.82) is 0 Å². The molecule has 0 aliphatic carbocycles. The number of nitroso groups, excluding NO2 is 1. The minimum absolute atomic E-state index is 0.0756. The molecule has 0 fully saturated rings. The molecule has 1 aliphatic rings. The predicted molar refractivity (Wildman–Crippen MR) is 110 cm³/mol. The summed E-state index contributed by atoms with van der Waals surface area (Å²) in [6.45, 7) is 8.53. The van der Waals surface area contributed by atoms with Gasteiger partial charge in [-0.2, -0.15) is 0 Å². The average molecular weight is 379 g/mol. The second-order valence-corrected chi connectivity index (χ2v) is 8.52. The van der Waals surface area contributed by atoms with Crippen LogP contribution >= 0.6 is 0 Å². The van der Waals surface area contributed by atoms with Crippen LogP contribution in [0.4, 0.5) is 0 Å². The third kappa shape index (κ3) is 4.14. The first kappa shape index (κ1) is 19.8. The normalized spacial score (nSPS) is 17.4. The average Bonchev–Trinajstić information content (AvgIpc) is 2.61. The Labute approximate surface area is 165 Å². The Morgan fingerprint density at radius 2 is 1.75 bits per heavy atom. The van der Waals surface area contributed by atoms with Crippen molar-refractivity contribution in [2.24, 2.45) is 5.18 Å². The summed E-state index contributed by atoms with van der Waals surface area (Å²) in [7, 11) is 0. The molecule has 0 radical (unpaired) electrons. The zero-order chi connectivity index (χ0) is 20.5. The smallest absolute Gasteiger partial charge is 0.335 e. The van der Waals surface area contributed by atoms with Gasteiger partial charge in [-0.05, 0) is 73.2 Å². The van der Waals surface area contributed by atoms with Gasteiger partial charge in [-0.1, -0.05) is 32.1 Å². The molecule has 0 saturated carbocycles. The molecule has 0 atom stereocenters. The number of carbonyl (C=O) groups is 1. The molecule has 0 bridgehead atoms. The van der Waals surface area contributed by atoms with Crippen molar-refractivity contribution < 1.29 is 14.6 Å². The Morgan fingerprint density at radius 3 is 2.36 bits per heavy atom. The fourth-order valence-corrected chi connectivity index (χ4v) is 4.01. The van der Waals surface area contributed by atoms with Crippen LogP contribution in [-0.2, 0) is 11.8 Å². The van der Waals surface area contributed by atoms with Gasteiger partial charge in [0.15, 0.2) is 0 Å². The first-order chi connectivity index (χ1) is 13.1. The van der Waals surface area contributed by atoms with Crippen LogP contribution in [-0.4, -0.2) is 16.7 Å². The van der Waals surface area contributed by atoms with Gasteiger partial charge < -0.3 is 9.84 Å². The van der Waals surface area contributed by atoms with E-state index in [0.717, 1.165) is 28.9 Å². The number of ether oxygens (including phenoxy) is 1. The lowest BCUT2D eigenvalue weighted by molar-refractivity contribution is 0.0534. The van der Waals surface area contributed by atoms with Crippen molar-refractivity contribution in [3.8, 4) is 5.75 Å². The van der Waals surface area contributed by atoms with Crippen molar-refractivity contribution in [3.63, 3.8) is 0 Å². The van der Waals surface area contributed by atoms with Crippen LogP contribution in [0.5, 0.6) is 5.75 Å². The highest BCUT2D eigenvalue weighted by atomic mass is 16.5. The number of hydrogen-bond acceptors (Lipinski definition) is 4. The summed E-state index contributed by atoms with van der Waals surface area (Å²) < 4.78 is 6.11. The van der Waals surface area contributed by atoms with E-state index in [1.54, 1.807) is 30.3 Å². The molecule has 1 aliphatic heterocycles. The van der Waals surface area contributed by atoms with Crippen molar-refractivity contribution in [3.05, 3.63) is 75.7 Å². The Morgan fingerprint density at radius 1 is 1.11 bits per heavy atom. The summed E-state index contributed by atoms with van der Waals surface area (Å²) in [5.74, 6) is -0.112. The number of carboxylic acid groups (broad SMARTS) is 1. The van der Waals surface area contributed by atoms with E-state index >= 15 is 0 Å². The number of carboxylic acids is 1. The van der Waals surface area contributed by atoms with Gasteiger partial charge in [0.1, 0.15) is 17.0 Å². The molecule has 5 heteroatoms. The Hall–Kier alpha value is -2.95. The molecule has 1 heterocycles. The first-order valence-corrected chi connectivity index (χ1v) is 9.31. The molecule has 5 nitrogen and oxygen atoms in total. The van der Waals surface area contributed by atoms with Crippen LogP contribution in [0.25, 0.3) is 5.70 Å². The summed E-state index contributed by atoms with van der Waals surface area (Å²) in [4.78, 5) is 22.4. The van der Waals surface area contributed by atoms with Crippen LogP contribution in [0.2, 0.25) is 0 Å². The van der Waals surface area contributed by atoms with Gasteiger partial charge in [0, 0.05) is 11.1 Å². The van der Waals surface area contributed by atoms with E-state index in [1.807, 2.05) is 18.2 Å². The quantitative estimate of drug-likeness (QED) is 0.689. The molecule has 28 heavy (non-hydrogen) atoms. The lowest BCUT2D eigenvalue weighted by atomic mass is 9.73. The molecule has 0 saturated heterocycles. The van der Waals surface area contributed by atoms with Gasteiger partial charge in [-0.15, -0.1) is 4.91 Å². The second kappa shape index (κ2) is 7.23. The number of aromatic carboxylic acids is 1. The van der Waals surface area contributed by atoms with Gasteiger partial charge in [0.25, 0.3) is 0 Å². The Balaban J connectivity index is 1.88. The van der Waals surface area contributed by atoms with E-state index < -0.39 is 5.97 Å². The fourth-order valence-electron chi connectivity index (χ4n) is 4.01. The van der Waals surface area contributed by atoms with E-state index in [0.29, 0.717) is 12.1 Å². The molecule has 0 amide bonds. The molecule has 2 aromatic rings. The maximum absolute atomic E-state index is 11.5. The lowest BCUT2D eigenvalue weighted by Gasteiger charge is -2.42. The molecule has 1 N–H and O–H groups in total. The topological polar surface area (TPSA) is 76.0 Å². The molecular formula is C23H25NO4. The third-order valence-electron chi connectivity index (χ3n) is 5.09. The standard InChI is InChI=1S/C23H25NO4/c1-22(2)14-23(3,4)28-20-12-10-17(13-18(20)22)19(24-27)11-7-15-5-8-16(9-6-15)21(25)26/h5-6,8-13H,7,14H2,1-4H3,(H,25,26). The van der Waals surface area contributed by atoms with Crippen molar-refractivity contribution in [1.82, 2.24) is 0 Å². The summed E-state index contributed by atoms with van der Waals surface area (Å²) in [5, 5.41) is 12.2. The van der Waals surface area contributed by atoms with E-state index in [4.69, 9.17) is 9.84 Å². The van der Waals surface area contributed by atoms with Crippen LogP contribution in [0.15, 0.2) is 53.7 Å². The van der Waals surface area contributed by atoms with Crippen LogP contribution < -0.4 is 4.74 Å². The van der Waals surface area contributed by atoms with Gasteiger partial charge in [-0.25, -0.2) is 4.79 Å². The van der Waals surface area contributed by atoms with Gasteiger partial charge in [0.2, 0.25) is 0 Å². The van der Waals surface area contributed by atoms with E-state index in [2.05, 4.69) is 32.9 Å². The van der Waals surface area contributed by atoms with E-state index in [1.165, 1.54) is 0 Å². The molecule has 0 aromatic heterocycles. The molecule has 146 valence electrons. The van der Waals surface area contributed by atoms with Crippen molar-refractivity contribution in [2.45, 2.75) is 51.6 Å². The van der Waals surface area contributed by atoms with Crippen molar-refractivity contribution >= 4 is 11.7 Å². The zero-order valence-corrected chi connectivity index (χ0v) is 16.7. The number of fused-ring (bicyclic) bond motifs is 1. The fraction of sp³-hybridized carbons (Fsp3) is 0.348. The summed E-state index contributed by atoms with van der Waals surface area (Å²) in [5.41, 5.74) is 3.04. The molecule has 3 rings (SSSR count). The highest BCUT2D eigenvalue weighted by Gasteiger charge is 2.39. The minimum Gasteiger partial charge on any atom is -0.488 e. The van der Waals surface area contributed by atoms with Gasteiger partial charge in [-0.3, -0.25) is 0 Å². The molecular weight excluding hydrogens is 354 g/mol. The SMILES string of the molecule is CC1(C)CC(C)(C)c2cc(C(=CCc3ccc(C(=O)O)cc3)N=O)ccc2O1. The largest absolute Gasteiger partial charge is 0.488 e. The monoisotopic (exact) mass is 379 g/mol. The number of hydrogen-bond donors (Lipinski definition) is 1. The Bertz CT molecular complexity index is 940. The predicted octanol–water partition coefficient (Wildman–Crippen LogP) is 5.57. The molecule has 2 aromatic carbocycles. The van der Waals surface area contributed by atoms with Crippen molar-refractivity contribution in [2.75, 3.05) is 0 Å². The first-order valence-electron chi connectivity index (χ1n) is 9.31. The molecule has 0 unspecified atom stereocenters. The summed E-state index contributed by atoms with van der Waals surface area (Å²) in [6.07, 6.45) is 3.13. The maximum atomic E-state index is 11.5. The number of nitrogens with zero attached hydrogens (tertiary/aromatic N) is 1. The van der Waals surface area contributed by atoms with Gasteiger partial charge in [0.05, 0.1) is 5.56 Å². The number of benzene rings is 2. The van der Waals surface area contributed by atoms with E-state index in [-0.39, 0.29) is 16.6 Å². The van der Waals surface area contributed by atoms with Gasteiger partial charge >= 0.3 is 5.97 Å². The van der Waals surface area contributed by atoms with Crippen LogP contribution in [0.3, 0.4) is 0 Å². The molecule has 0 spiro atoms. The second-order valence-electron chi connectivity index (χ2n) is 8.52. The summed E-state index contributed by atoms with van der Waals surface area (Å²) >= 11 is 0.